The summed E-state index contributed by atoms with van der Waals surface area (Å²) < 4.78 is 11.4. The van der Waals surface area contributed by atoms with Crippen LogP contribution in [0.3, 0.4) is 0 Å². The third kappa shape index (κ3) is 3.31. The first kappa shape index (κ1) is 15.1. The summed E-state index contributed by atoms with van der Waals surface area (Å²) in [6, 6.07) is -0.326. The van der Waals surface area contributed by atoms with Crippen LogP contribution in [-0.2, 0) is 20.4 Å². The first-order chi connectivity index (χ1) is 8.38. The van der Waals surface area contributed by atoms with Crippen molar-refractivity contribution in [2.75, 3.05) is 18.1 Å². The molecule has 0 radical (unpaired) electrons. The van der Waals surface area contributed by atoms with E-state index in [4.69, 9.17) is 0 Å². The molecule has 1 rings (SSSR count). The maximum absolute atomic E-state index is 11.9. The Hall–Kier alpha value is -0.910. The van der Waals surface area contributed by atoms with Crippen molar-refractivity contribution in [3.8, 4) is 0 Å². The number of carboxylic acid groups (broad SMARTS) is 1. The van der Waals surface area contributed by atoms with E-state index >= 15 is 0 Å². The minimum absolute atomic E-state index is 0.0272. The van der Waals surface area contributed by atoms with Crippen LogP contribution in [-0.4, -0.2) is 50.2 Å². The number of hydrogen-bond donors (Lipinski definition) is 1. The molecule has 1 saturated heterocycles. The second kappa shape index (κ2) is 6.31. The molecule has 4 atom stereocenters. The molecular weight excluding hydrogens is 254 g/mol. The topological polar surface area (TPSA) is 74.7 Å². The van der Waals surface area contributed by atoms with Crippen molar-refractivity contribution < 1.29 is 18.9 Å². The maximum atomic E-state index is 11.9. The molecule has 1 N–H and O–H groups in total. The maximum Gasteiger partial charge on any atom is 0.308 e. The Balaban J connectivity index is 2.74. The monoisotopic (exact) mass is 275 g/mol. The zero-order chi connectivity index (χ0) is 13.9. The van der Waals surface area contributed by atoms with E-state index in [9.17, 15) is 18.9 Å². The minimum atomic E-state index is -0.931. The van der Waals surface area contributed by atoms with Gasteiger partial charge in [-0.25, -0.2) is 0 Å². The number of amides is 1. The van der Waals surface area contributed by atoms with Gasteiger partial charge in [0, 0.05) is 41.3 Å². The normalized spacial score (nSPS) is 30.3. The van der Waals surface area contributed by atoms with Crippen LogP contribution in [0.1, 0.15) is 27.2 Å². The molecule has 0 aromatic rings. The highest BCUT2D eigenvalue weighted by Gasteiger charge is 2.41. The summed E-state index contributed by atoms with van der Waals surface area (Å²) in [6.45, 7) is 5.78. The average molecular weight is 275 g/mol. The number of hydrogen-bond acceptors (Lipinski definition) is 3. The molecule has 104 valence electrons. The number of carboxylic acids is 1. The van der Waals surface area contributed by atoms with Gasteiger partial charge in [0.2, 0.25) is 5.91 Å². The lowest BCUT2D eigenvalue weighted by molar-refractivity contribution is -0.154. The molecule has 0 spiro atoms. The summed E-state index contributed by atoms with van der Waals surface area (Å²) in [5, 5.41) is 9.21. The molecule has 18 heavy (non-hydrogen) atoms. The van der Waals surface area contributed by atoms with Crippen molar-refractivity contribution in [3.05, 3.63) is 0 Å². The van der Waals surface area contributed by atoms with Crippen LogP contribution in [0.25, 0.3) is 0 Å². The van der Waals surface area contributed by atoms with E-state index in [1.165, 1.54) is 0 Å². The molecule has 0 aliphatic carbocycles. The van der Waals surface area contributed by atoms with Gasteiger partial charge in [-0.1, -0.05) is 13.8 Å². The highest BCUT2D eigenvalue weighted by atomic mass is 32.2. The molecule has 1 heterocycles. The number of rotatable bonds is 5. The Morgan fingerprint density at radius 1 is 1.50 bits per heavy atom. The van der Waals surface area contributed by atoms with Gasteiger partial charge in [-0.15, -0.1) is 0 Å². The van der Waals surface area contributed by atoms with Gasteiger partial charge in [-0.2, -0.15) is 0 Å². The quantitative estimate of drug-likeness (QED) is 0.802. The van der Waals surface area contributed by atoms with Gasteiger partial charge in [0.05, 0.1) is 5.92 Å². The predicted octanol–water partition coefficient (Wildman–Crippen LogP) is 0.713. The number of likely N-dealkylation sites (tertiary alicyclic amines) is 1. The molecule has 1 aliphatic rings. The predicted molar refractivity (Wildman–Crippen MR) is 69.6 cm³/mol. The van der Waals surface area contributed by atoms with Gasteiger partial charge in [0.15, 0.2) is 0 Å². The van der Waals surface area contributed by atoms with Crippen LogP contribution in [0.5, 0.6) is 0 Å². The van der Waals surface area contributed by atoms with Crippen molar-refractivity contribution in [2.24, 2.45) is 11.8 Å². The van der Waals surface area contributed by atoms with Gasteiger partial charge in [-0.05, 0) is 12.8 Å². The Labute approximate surface area is 110 Å². The Bertz CT molecular complexity index is 358. The lowest BCUT2D eigenvalue weighted by atomic mass is 9.81. The Morgan fingerprint density at radius 2 is 2.11 bits per heavy atom. The lowest BCUT2D eigenvalue weighted by Gasteiger charge is -2.40. The molecule has 0 saturated carbocycles. The van der Waals surface area contributed by atoms with Crippen LogP contribution >= 0.6 is 0 Å². The van der Waals surface area contributed by atoms with Crippen LogP contribution in [0, 0.1) is 11.8 Å². The highest BCUT2D eigenvalue weighted by Crippen LogP contribution is 2.29. The number of carbonyl (C=O) groups is 2. The van der Waals surface area contributed by atoms with Crippen molar-refractivity contribution >= 4 is 22.7 Å². The summed E-state index contributed by atoms with van der Waals surface area (Å²) in [7, 11) is -0.931. The molecule has 0 bridgehead atoms. The van der Waals surface area contributed by atoms with Crippen molar-refractivity contribution in [2.45, 2.75) is 33.2 Å². The average Bonchev–Trinajstić information content (AvgIpc) is 2.27. The highest BCUT2D eigenvalue weighted by molar-refractivity contribution is 7.84. The number of aliphatic carboxylic acids is 1. The standard InChI is InChI=1S/C12H21NO4S/c1-4-18(17)6-5-13-9(3)11(12(15)16)8(2)7-10(13)14/h8-9,11H,4-7H2,1-3H3,(H,15,16). The number of piperidine rings is 1. The lowest BCUT2D eigenvalue weighted by Crippen LogP contribution is -2.53. The molecule has 4 unspecified atom stereocenters. The summed E-state index contributed by atoms with van der Waals surface area (Å²) in [5.74, 6) is -0.567. The fourth-order valence-electron chi connectivity index (χ4n) is 2.54. The van der Waals surface area contributed by atoms with Gasteiger partial charge in [-0.3, -0.25) is 13.8 Å². The van der Waals surface area contributed by atoms with Crippen LogP contribution in [0.4, 0.5) is 0 Å². The molecule has 5 nitrogen and oxygen atoms in total. The summed E-state index contributed by atoms with van der Waals surface area (Å²) in [4.78, 5) is 24.7. The minimum Gasteiger partial charge on any atom is -0.481 e. The Morgan fingerprint density at radius 3 is 2.61 bits per heavy atom. The fraction of sp³-hybridized carbons (Fsp3) is 0.833. The van der Waals surface area contributed by atoms with Crippen LogP contribution in [0.15, 0.2) is 0 Å². The summed E-state index contributed by atoms with van der Waals surface area (Å²) >= 11 is 0. The van der Waals surface area contributed by atoms with Crippen molar-refractivity contribution in [1.82, 2.24) is 4.90 Å². The van der Waals surface area contributed by atoms with E-state index in [0.717, 1.165) is 0 Å². The first-order valence-electron chi connectivity index (χ1n) is 6.25. The molecule has 1 aliphatic heterocycles. The fourth-order valence-corrected chi connectivity index (χ4v) is 3.23. The van der Waals surface area contributed by atoms with Gasteiger partial charge >= 0.3 is 5.97 Å². The van der Waals surface area contributed by atoms with Gasteiger partial charge in [0.25, 0.3) is 0 Å². The number of nitrogens with zero attached hydrogens (tertiary/aromatic N) is 1. The summed E-state index contributed by atoms with van der Waals surface area (Å²) in [6.07, 6.45) is 0.264. The van der Waals surface area contributed by atoms with E-state index in [1.807, 2.05) is 6.92 Å². The van der Waals surface area contributed by atoms with Gasteiger partial charge < -0.3 is 10.0 Å². The zero-order valence-corrected chi connectivity index (χ0v) is 11.9. The summed E-state index contributed by atoms with van der Waals surface area (Å²) in [5.41, 5.74) is 0. The molecular formula is C12H21NO4S. The second-order valence-corrected chi connectivity index (χ2v) is 6.67. The van der Waals surface area contributed by atoms with Crippen LogP contribution in [0.2, 0.25) is 0 Å². The molecule has 6 heteroatoms. The molecule has 0 aromatic carbocycles. The largest absolute Gasteiger partial charge is 0.481 e. The van der Waals surface area contributed by atoms with E-state index in [1.54, 1.807) is 18.7 Å². The van der Waals surface area contributed by atoms with E-state index in [-0.39, 0.29) is 24.3 Å². The first-order valence-corrected chi connectivity index (χ1v) is 7.74. The van der Waals surface area contributed by atoms with Crippen molar-refractivity contribution in [3.63, 3.8) is 0 Å². The Kier molecular flexibility index (Phi) is 5.31. The second-order valence-electron chi connectivity index (χ2n) is 4.81. The molecule has 1 amide bonds. The van der Waals surface area contributed by atoms with Gasteiger partial charge in [0.1, 0.15) is 0 Å². The van der Waals surface area contributed by atoms with E-state index in [0.29, 0.717) is 18.1 Å². The zero-order valence-electron chi connectivity index (χ0n) is 11.1. The number of carbonyl (C=O) groups excluding carboxylic acids is 1. The molecule has 1 fully saturated rings. The van der Waals surface area contributed by atoms with E-state index < -0.39 is 22.7 Å². The SMILES string of the molecule is CCS(=O)CCN1C(=O)CC(C)C(C(=O)O)C1C. The molecule has 0 aromatic heterocycles. The van der Waals surface area contributed by atoms with Crippen LogP contribution < -0.4 is 0 Å². The third-order valence-corrected chi connectivity index (χ3v) is 4.89. The third-order valence-electron chi connectivity index (χ3n) is 3.61. The van der Waals surface area contributed by atoms with Crippen molar-refractivity contribution in [1.29, 1.82) is 0 Å². The smallest absolute Gasteiger partial charge is 0.308 e. The van der Waals surface area contributed by atoms with E-state index in [2.05, 4.69) is 0 Å².